The highest BCUT2D eigenvalue weighted by Crippen LogP contribution is 2.33. The number of halogens is 1. The van der Waals surface area contributed by atoms with Crippen LogP contribution in [0.1, 0.15) is 43.1 Å². The summed E-state index contributed by atoms with van der Waals surface area (Å²) in [6.45, 7) is 7.79. The molecule has 0 N–H and O–H groups in total. The van der Waals surface area contributed by atoms with Crippen molar-refractivity contribution in [2.75, 3.05) is 20.3 Å². The van der Waals surface area contributed by atoms with Crippen molar-refractivity contribution >= 4 is 5.97 Å². The second-order valence-electron chi connectivity index (χ2n) is 5.89. The molecule has 22 heavy (non-hydrogen) atoms. The fourth-order valence-corrected chi connectivity index (χ4v) is 3.07. The van der Waals surface area contributed by atoms with E-state index in [1.54, 1.807) is 0 Å². The molecule has 1 atom stereocenters. The molecule has 0 spiro atoms. The summed E-state index contributed by atoms with van der Waals surface area (Å²) in [5.74, 6) is -0.681. The minimum absolute atomic E-state index is 0.137. The summed E-state index contributed by atoms with van der Waals surface area (Å²) in [5, 5.41) is 0. The second-order valence-corrected chi connectivity index (χ2v) is 5.89. The van der Waals surface area contributed by atoms with Crippen LogP contribution in [0.4, 0.5) is 4.39 Å². The minimum Gasteiger partial charge on any atom is -0.489 e. The minimum atomic E-state index is -0.452. The van der Waals surface area contributed by atoms with Crippen LogP contribution in [-0.2, 0) is 11.2 Å². The number of methoxy groups -OCH3 is 1. The van der Waals surface area contributed by atoms with Crippen LogP contribution >= 0.6 is 0 Å². The lowest BCUT2D eigenvalue weighted by atomic mass is 9.95. The molecule has 4 nitrogen and oxygen atoms in total. The summed E-state index contributed by atoms with van der Waals surface area (Å²) in [6, 6.07) is 3.24. The number of carbonyl (C=O) groups excluding carboxylic acids is 1. The first-order chi connectivity index (χ1) is 10.5. The molecule has 0 amide bonds. The standard InChI is InChI=1S/C17H24FNO3/c1-5-8-19(11(2)3)12-9-14-13(17(20)21-4)6-7-15(18)16(14)22-10-12/h6-7,11-12H,5,8-10H2,1-4H3/t12-/m1/s1. The lowest BCUT2D eigenvalue weighted by molar-refractivity contribution is 0.0590. The topological polar surface area (TPSA) is 38.8 Å². The van der Waals surface area contributed by atoms with Gasteiger partial charge in [0.15, 0.2) is 11.6 Å². The van der Waals surface area contributed by atoms with E-state index in [4.69, 9.17) is 9.47 Å². The molecule has 0 aliphatic carbocycles. The molecule has 1 heterocycles. The van der Waals surface area contributed by atoms with Gasteiger partial charge in [0.2, 0.25) is 0 Å². The average Bonchev–Trinajstić information content (AvgIpc) is 2.51. The molecule has 0 saturated heterocycles. The Balaban J connectivity index is 2.35. The third-order valence-electron chi connectivity index (χ3n) is 4.09. The number of hydrogen-bond donors (Lipinski definition) is 0. The smallest absolute Gasteiger partial charge is 0.338 e. The highest BCUT2D eigenvalue weighted by atomic mass is 19.1. The van der Waals surface area contributed by atoms with Gasteiger partial charge < -0.3 is 9.47 Å². The molecule has 1 aliphatic heterocycles. The van der Waals surface area contributed by atoms with Crippen molar-refractivity contribution in [3.05, 3.63) is 29.1 Å². The molecule has 1 aromatic rings. The zero-order valence-corrected chi connectivity index (χ0v) is 13.7. The summed E-state index contributed by atoms with van der Waals surface area (Å²) < 4.78 is 24.4. The predicted molar refractivity (Wildman–Crippen MR) is 82.9 cm³/mol. The Morgan fingerprint density at radius 1 is 1.50 bits per heavy atom. The van der Waals surface area contributed by atoms with Crippen molar-refractivity contribution in [2.45, 2.75) is 45.7 Å². The van der Waals surface area contributed by atoms with Crippen molar-refractivity contribution in [1.82, 2.24) is 4.90 Å². The number of benzene rings is 1. The van der Waals surface area contributed by atoms with Crippen LogP contribution in [0, 0.1) is 5.82 Å². The highest BCUT2D eigenvalue weighted by molar-refractivity contribution is 5.92. The van der Waals surface area contributed by atoms with Crippen LogP contribution in [0.2, 0.25) is 0 Å². The lowest BCUT2D eigenvalue weighted by Gasteiger charge is -2.38. The molecule has 0 fully saturated rings. The number of rotatable bonds is 5. The van der Waals surface area contributed by atoms with E-state index >= 15 is 0 Å². The summed E-state index contributed by atoms with van der Waals surface area (Å²) in [6.07, 6.45) is 1.63. The maximum atomic E-state index is 14.0. The van der Waals surface area contributed by atoms with Gasteiger partial charge in [0, 0.05) is 17.6 Å². The van der Waals surface area contributed by atoms with Crippen LogP contribution in [0.5, 0.6) is 5.75 Å². The molecule has 0 radical (unpaired) electrons. The maximum Gasteiger partial charge on any atom is 0.338 e. The zero-order valence-electron chi connectivity index (χ0n) is 13.7. The number of nitrogens with zero attached hydrogens (tertiary/aromatic N) is 1. The molecule has 122 valence electrons. The largest absolute Gasteiger partial charge is 0.489 e. The van der Waals surface area contributed by atoms with E-state index in [1.807, 2.05) is 0 Å². The molecule has 5 heteroatoms. The zero-order chi connectivity index (χ0) is 16.3. The van der Waals surface area contributed by atoms with E-state index in [9.17, 15) is 9.18 Å². The van der Waals surface area contributed by atoms with E-state index in [-0.39, 0.29) is 11.8 Å². The number of ether oxygens (including phenoxy) is 2. The van der Waals surface area contributed by atoms with E-state index in [0.29, 0.717) is 30.2 Å². The Morgan fingerprint density at radius 2 is 2.23 bits per heavy atom. The average molecular weight is 309 g/mol. The molecule has 0 saturated carbocycles. The summed E-state index contributed by atoms with van der Waals surface area (Å²) in [5.41, 5.74) is 1.01. The van der Waals surface area contributed by atoms with Crippen molar-refractivity contribution in [1.29, 1.82) is 0 Å². The van der Waals surface area contributed by atoms with E-state index < -0.39 is 11.8 Å². The van der Waals surface area contributed by atoms with Gasteiger partial charge in [0.1, 0.15) is 6.61 Å². The van der Waals surface area contributed by atoms with E-state index in [1.165, 1.54) is 19.2 Å². The van der Waals surface area contributed by atoms with Crippen molar-refractivity contribution in [3.63, 3.8) is 0 Å². The Kier molecular flexibility index (Phi) is 5.40. The Labute approximate surface area is 131 Å². The fraction of sp³-hybridized carbons (Fsp3) is 0.588. The SMILES string of the molecule is CCCN(C(C)C)[C@H]1COc2c(F)ccc(C(=O)OC)c2C1. The van der Waals surface area contributed by atoms with Gasteiger partial charge in [0.25, 0.3) is 0 Å². The maximum absolute atomic E-state index is 14.0. The quantitative estimate of drug-likeness (QED) is 0.784. The number of carbonyl (C=O) groups is 1. The molecule has 0 unspecified atom stereocenters. The summed E-state index contributed by atoms with van der Waals surface area (Å²) >= 11 is 0. The molecule has 0 aromatic heterocycles. The number of hydrogen-bond acceptors (Lipinski definition) is 4. The molecule has 2 rings (SSSR count). The molecular weight excluding hydrogens is 285 g/mol. The van der Waals surface area contributed by atoms with Crippen LogP contribution in [0.3, 0.4) is 0 Å². The number of esters is 1. The van der Waals surface area contributed by atoms with E-state index in [0.717, 1.165) is 13.0 Å². The first-order valence-corrected chi connectivity index (χ1v) is 7.77. The molecule has 0 bridgehead atoms. The molecule has 1 aliphatic rings. The van der Waals surface area contributed by atoms with Crippen molar-refractivity contribution < 1.29 is 18.7 Å². The van der Waals surface area contributed by atoms with Crippen molar-refractivity contribution in [3.8, 4) is 5.75 Å². The van der Waals surface area contributed by atoms with Gasteiger partial charge in [-0.3, -0.25) is 4.90 Å². The van der Waals surface area contributed by atoms with Gasteiger partial charge in [-0.1, -0.05) is 6.92 Å². The van der Waals surface area contributed by atoms with Gasteiger partial charge in [-0.25, -0.2) is 9.18 Å². The summed E-state index contributed by atoms with van der Waals surface area (Å²) in [7, 11) is 1.33. The second kappa shape index (κ2) is 7.09. The predicted octanol–water partition coefficient (Wildman–Crippen LogP) is 3.04. The summed E-state index contributed by atoms with van der Waals surface area (Å²) in [4.78, 5) is 14.3. The van der Waals surface area contributed by atoms with Crippen LogP contribution < -0.4 is 4.74 Å². The monoisotopic (exact) mass is 309 g/mol. The molecule has 1 aromatic carbocycles. The van der Waals surface area contributed by atoms with E-state index in [2.05, 4.69) is 25.7 Å². The van der Waals surface area contributed by atoms with Gasteiger partial charge in [-0.15, -0.1) is 0 Å². The number of fused-ring (bicyclic) bond motifs is 1. The van der Waals surface area contributed by atoms with Gasteiger partial charge in [0.05, 0.1) is 12.7 Å². The first-order valence-electron chi connectivity index (χ1n) is 7.77. The van der Waals surface area contributed by atoms with Gasteiger partial charge >= 0.3 is 5.97 Å². The fourth-order valence-electron chi connectivity index (χ4n) is 3.07. The van der Waals surface area contributed by atoms with Crippen molar-refractivity contribution in [2.24, 2.45) is 0 Å². The Hall–Kier alpha value is -1.62. The lowest BCUT2D eigenvalue weighted by Crippen LogP contribution is -2.47. The highest BCUT2D eigenvalue weighted by Gasteiger charge is 2.31. The van der Waals surface area contributed by atoms with Gasteiger partial charge in [-0.05, 0) is 45.4 Å². The van der Waals surface area contributed by atoms with Crippen LogP contribution in [0.15, 0.2) is 12.1 Å². The third-order valence-corrected chi connectivity index (χ3v) is 4.09. The Bertz CT molecular complexity index is 545. The first kappa shape index (κ1) is 16.7. The Morgan fingerprint density at radius 3 is 2.82 bits per heavy atom. The third kappa shape index (κ3) is 3.24. The molecular formula is C17H24FNO3. The normalized spacial score (nSPS) is 17.3. The van der Waals surface area contributed by atoms with Crippen LogP contribution in [-0.4, -0.2) is 43.2 Å². The van der Waals surface area contributed by atoms with Crippen LogP contribution in [0.25, 0.3) is 0 Å². The van der Waals surface area contributed by atoms with Gasteiger partial charge in [-0.2, -0.15) is 0 Å².